The second-order valence-corrected chi connectivity index (χ2v) is 8.75. The second-order valence-electron chi connectivity index (χ2n) is 5.34. The van der Waals surface area contributed by atoms with Gasteiger partial charge in [0.15, 0.2) is 5.78 Å². The number of halogens is 2. The Morgan fingerprint density at radius 2 is 1.83 bits per heavy atom. The molecule has 23 heavy (non-hydrogen) atoms. The van der Waals surface area contributed by atoms with Crippen LogP contribution in [0.1, 0.15) is 15.9 Å². The third-order valence-corrected chi connectivity index (χ3v) is 6.45. The number of rotatable bonds is 2. The molecule has 0 fully saturated rings. The minimum atomic E-state index is -3.75. The van der Waals surface area contributed by atoms with Crippen molar-refractivity contribution in [2.45, 2.75) is 16.6 Å². The van der Waals surface area contributed by atoms with Crippen LogP contribution in [0.4, 0.5) is 5.69 Å². The van der Waals surface area contributed by atoms with Crippen LogP contribution in [0.15, 0.2) is 47.4 Å². The summed E-state index contributed by atoms with van der Waals surface area (Å²) in [5.74, 6) is -0.169. The van der Waals surface area contributed by atoms with Crippen LogP contribution in [0, 0.1) is 6.92 Å². The third-order valence-electron chi connectivity index (χ3n) is 3.71. The van der Waals surface area contributed by atoms with Crippen molar-refractivity contribution < 1.29 is 13.2 Å². The zero-order valence-corrected chi connectivity index (χ0v) is 15.3. The van der Waals surface area contributed by atoms with Crippen molar-refractivity contribution in [1.29, 1.82) is 0 Å². The van der Waals surface area contributed by atoms with E-state index in [9.17, 15) is 13.2 Å². The Balaban J connectivity index is 2.15. The molecule has 0 bridgehead atoms. The number of benzene rings is 2. The van der Waals surface area contributed by atoms with Crippen molar-refractivity contribution >= 4 is 49.0 Å². The molecule has 0 N–H and O–H groups in total. The number of ketones is 1. The van der Waals surface area contributed by atoms with Gasteiger partial charge in [-0.15, -0.1) is 0 Å². The number of carbonyl (C=O) groups excluding carboxylic acids is 1. The van der Waals surface area contributed by atoms with Gasteiger partial charge in [-0.25, -0.2) is 8.42 Å². The van der Waals surface area contributed by atoms with E-state index in [1.807, 2.05) is 6.92 Å². The molecular weight excluding hydrogens is 402 g/mol. The number of aryl methyl sites for hydroxylation is 1. The molecule has 0 saturated heterocycles. The molecule has 0 saturated carbocycles. The number of carbonyl (C=O) groups is 1. The lowest BCUT2D eigenvalue weighted by molar-refractivity contribution is 0.0990. The van der Waals surface area contributed by atoms with Gasteiger partial charge in [-0.3, -0.25) is 9.10 Å². The SMILES string of the molecule is Cc1ccc(S(=O)(=O)N2CC(Br)C(=O)c3cc(Cl)ccc32)cc1. The van der Waals surface area contributed by atoms with Gasteiger partial charge in [0.1, 0.15) is 0 Å². The largest absolute Gasteiger partial charge is 0.293 e. The van der Waals surface area contributed by atoms with Crippen molar-refractivity contribution in [2.24, 2.45) is 0 Å². The van der Waals surface area contributed by atoms with Gasteiger partial charge in [-0.1, -0.05) is 45.2 Å². The molecule has 7 heteroatoms. The third kappa shape index (κ3) is 2.91. The fourth-order valence-corrected chi connectivity index (χ4v) is 4.88. The molecule has 3 rings (SSSR count). The summed E-state index contributed by atoms with van der Waals surface area (Å²) < 4.78 is 27.2. The quantitative estimate of drug-likeness (QED) is 0.702. The lowest BCUT2D eigenvalue weighted by Gasteiger charge is -2.32. The van der Waals surface area contributed by atoms with E-state index in [-0.39, 0.29) is 17.2 Å². The minimum absolute atomic E-state index is 0.0453. The molecule has 1 unspecified atom stereocenters. The fraction of sp³-hybridized carbons (Fsp3) is 0.188. The first-order valence-electron chi connectivity index (χ1n) is 6.88. The molecule has 1 aliphatic heterocycles. The van der Waals surface area contributed by atoms with Gasteiger partial charge in [-0.05, 0) is 37.3 Å². The smallest absolute Gasteiger partial charge is 0.264 e. The van der Waals surface area contributed by atoms with Crippen molar-refractivity contribution in [1.82, 2.24) is 0 Å². The molecule has 0 spiro atoms. The highest BCUT2D eigenvalue weighted by atomic mass is 79.9. The van der Waals surface area contributed by atoms with Gasteiger partial charge < -0.3 is 0 Å². The van der Waals surface area contributed by atoms with E-state index in [4.69, 9.17) is 11.6 Å². The summed E-state index contributed by atoms with van der Waals surface area (Å²) >= 11 is 9.22. The van der Waals surface area contributed by atoms with E-state index in [1.54, 1.807) is 36.4 Å². The van der Waals surface area contributed by atoms with E-state index < -0.39 is 14.9 Å². The van der Waals surface area contributed by atoms with Crippen LogP contribution in [0.25, 0.3) is 0 Å². The summed E-state index contributed by atoms with van der Waals surface area (Å²) in [6.07, 6.45) is 0. The number of nitrogens with zero attached hydrogens (tertiary/aromatic N) is 1. The average molecular weight is 415 g/mol. The minimum Gasteiger partial charge on any atom is -0.293 e. The zero-order valence-electron chi connectivity index (χ0n) is 12.2. The molecule has 2 aromatic rings. The predicted octanol–water partition coefficient (Wildman–Crippen LogP) is 3.80. The van der Waals surface area contributed by atoms with Gasteiger partial charge in [0.25, 0.3) is 10.0 Å². The summed E-state index contributed by atoms with van der Waals surface area (Å²) in [5, 5.41) is 0.395. The molecular formula is C16H13BrClNO3S. The number of sulfonamides is 1. The van der Waals surface area contributed by atoms with Crippen LogP contribution in [-0.2, 0) is 10.0 Å². The van der Waals surface area contributed by atoms with E-state index in [0.717, 1.165) is 5.56 Å². The molecule has 0 aliphatic carbocycles. The van der Waals surface area contributed by atoms with Crippen molar-refractivity contribution in [3.8, 4) is 0 Å². The number of hydrogen-bond acceptors (Lipinski definition) is 3. The van der Waals surface area contributed by atoms with Crippen LogP contribution in [0.3, 0.4) is 0 Å². The number of Topliss-reactive ketones (excluding diaryl/α,β-unsaturated/α-hetero) is 1. The van der Waals surface area contributed by atoms with Crippen LogP contribution in [0.2, 0.25) is 5.02 Å². The zero-order chi connectivity index (χ0) is 16.8. The van der Waals surface area contributed by atoms with Crippen LogP contribution >= 0.6 is 27.5 Å². The normalized spacial score (nSPS) is 18.0. The maximum atomic E-state index is 13.0. The Kier molecular flexibility index (Phi) is 4.25. The molecule has 1 heterocycles. The maximum Gasteiger partial charge on any atom is 0.264 e. The number of alkyl halides is 1. The molecule has 1 atom stereocenters. The summed E-state index contributed by atoms with van der Waals surface area (Å²) in [5.41, 5.74) is 1.64. The number of fused-ring (bicyclic) bond motifs is 1. The number of anilines is 1. The Morgan fingerprint density at radius 3 is 2.48 bits per heavy atom. The van der Waals surface area contributed by atoms with Gasteiger partial charge in [0.2, 0.25) is 0 Å². The van der Waals surface area contributed by atoms with Crippen LogP contribution in [-0.4, -0.2) is 25.6 Å². The standard InChI is InChI=1S/C16H13BrClNO3S/c1-10-2-5-12(6-3-10)23(21,22)19-9-14(17)16(20)13-8-11(18)4-7-15(13)19/h2-8,14H,9H2,1H3. The fourth-order valence-electron chi connectivity index (χ4n) is 2.48. The molecule has 0 aromatic heterocycles. The van der Waals surface area contributed by atoms with Gasteiger partial charge in [0, 0.05) is 10.6 Å². The number of hydrogen-bond donors (Lipinski definition) is 0. The summed E-state index contributed by atoms with van der Waals surface area (Å²) in [6, 6.07) is 11.3. The lowest BCUT2D eigenvalue weighted by atomic mass is 10.0. The van der Waals surface area contributed by atoms with E-state index >= 15 is 0 Å². The molecule has 1 aliphatic rings. The van der Waals surface area contributed by atoms with E-state index in [2.05, 4.69) is 15.9 Å². The maximum absolute atomic E-state index is 13.0. The first-order valence-corrected chi connectivity index (χ1v) is 9.61. The Bertz CT molecular complexity index is 881. The van der Waals surface area contributed by atoms with E-state index in [1.165, 1.54) is 10.4 Å². The Labute approximate surface area is 148 Å². The first-order chi connectivity index (χ1) is 10.8. The van der Waals surface area contributed by atoms with Crippen LogP contribution < -0.4 is 4.31 Å². The van der Waals surface area contributed by atoms with Crippen molar-refractivity contribution in [3.05, 3.63) is 58.6 Å². The topological polar surface area (TPSA) is 54.5 Å². The molecule has 2 aromatic carbocycles. The predicted molar refractivity (Wildman–Crippen MR) is 94.2 cm³/mol. The van der Waals surface area contributed by atoms with Crippen molar-refractivity contribution in [2.75, 3.05) is 10.8 Å². The van der Waals surface area contributed by atoms with E-state index in [0.29, 0.717) is 16.3 Å². The highest BCUT2D eigenvalue weighted by Gasteiger charge is 2.37. The molecule has 4 nitrogen and oxygen atoms in total. The monoisotopic (exact) mass is 413 g/mol. The summed E-state index contributed by atoms with van der Waals surface area (Å²) in [7, 11) is -3.75. The van der Waals surface area contributed by atoms with Crippen molar-refractivity contribution in [3.63, 3.8) is 0 Å². The van der Waals surface area contributed by atoms with Gasteiger partial charge >= 0.3 is 0 Å². The lowest BCUT2D eigenvalue weighted by Crippen LogP contribution is -2.43. The Hall–Kier alpha value is -1.37. The molecule has 120 valence electrons. The second kappa shape index (κ2) is 5.92. The highest BCUT2D eigenvalue weighted by Crippen LogP contribution is 2.35. The van der Waals surface area contributed by atoms with Gasteiger partial charge in [0.05, 0.1) is 22.0 Å². The molecule has 0 amide bonds. The molecule has 0 radical (unpaired) electrons. The first kappa shape index (κ1) is 16.5. The van der Waals surface area contributed by atoms with Gasteiger partial charge in [-0.2, -0.15) is 0 Å². The summed E-state index contributed by atoms with van der Waals surface area (Å²) in [4.78, 5) is 11.9. The average Bonchev–Trinajstić information content (AvgIpc) is 2.51. The highest BCUT2D eigenvalue weighted by molar-refractivity contribution is 9.10. The van der Waals surface area contributed by atoms with Crippen LogP contribution in [0.5, 0.6) is 0 Å². The Morgan fingerprint density at radius 1 is 1.17 bits per heavy atom. The summed E-state index contributed by atoms with van der Waals surface area (Å²) in [6.45, 7) is 1.94.